The Morgan fingerprint density at radius 1 is 1.40 bits per heavy atom. The summed E-state index contributed by atoms with van der Waals surface area (Å²) in [5.41, 5.74) is 1.17. The van der Waals surface area contributed by atoms with Crippen molar-refractivity contribution in [1.29, 1.82) is 0 Å². The maximum Gasteiger partial charge on any atom is 0.422 e. The minimum atomic E-state index is -4.41. The van der Waals surface area contributed by atoms with Crippen molar-refractivity contribution in [3.05, 3.63) is 47.5 Å². The molecule has 0 fully saturated rings. The quantitative estimate of drug-likeness (QED) is 0.728. The molecule has 2 aliphatic heterocycles. The van der Waals surface area contributed by atoms with Crippen LogP contribution in [0, 0.1) is 0 Å². The van der Waals surface area contributed by atoms with E-state index in [1.165, 1.54) is 12.3 Å². The van der Waals surface area contributed by atoms with Gasteiger partial charge < -0.3 is 19.9 Å². The van der Waals surface area contributed by atoms with E-state index >= 15 is 0 Å². The molecule has 0 aromatic carbocycles. The minimum Gasteiger partial charge on any atom is -0.469 e. The van der Waals surface area contributed by atoms with Crippen LogP contribution in [0.15, 0.2) is 36.4 Å². The molecule has 1 aromatic rings. The van der Waals surface area contributed by atoms with E-state index in [4.69, 9.17) is 4.74 Å². The van der Waals surface area contributed by atoms with Gasteiger partial charge in [-0.1, -0.05) is 19.1 Å². The van der Waals surface area contributed by atoms with Crippen LogP contribution in [0.25, 0.3) is 0 Å². The van der Waals surface area contributed by atoms with Gasteiger partial charge in [-0.15, -0.1) is 0 Å². The summed E-state index contributed by atoms with van der Waals surface area (Å²) in [6.45, 7) is 1.07. The number of anilines is 1. The molecule has 0 aliphatic carbocycles. The van der Waals surface area contributed by atoms with E-state index in [0.717, 1.165) is 0 Å². The molecule has 0 radical (unpaired) electrons. The summed E-state index contributed by atoms with van der Waals surface area (Å²) < 4.78 is 42.2. The van der Waals surface area contributed by atoms with Gasteiger partial charge in [0.2, 0.25) is 5.91 Å². The predicted molar refractivity (Wildman–Crippen MR) is 103 cm³/mol. The lowest BCUT2D eigenvalue weighted by Gasteiger charge is -2.32. The summed E-state index contributed by atoms with van der Waals surface area (Å²) in [4.78, 5) is 31.9. The molecule has 0 saturated carbocycles. The number of rotatable bonds is 7. The highest BCUT2D eigenvalue weighted by atomic mass is 19.4. The Labute approximate surface area is 172 Å². The Morgan fingerprint density at radius 2 is 2.17 bits per heavy atom. The zero-order valence-corrected chi connectivity index (χ0v) is 16.7. The van der Waals surface area contributed by atoms with Gasteiger partial charge in [-0.05, 0) is 18.6 Å². The lowest BCUT2D eigenvalue weighted by molar-refractivity contribution is -0.170. The van der Waals surface area contributed by atoms with Crippen LogP contribution in [0.2, 0.25) is 0 Å². The molecule has 1 N–H and O–H groups in total. The molecule has 1 unspecified atom stereocenters. The van der Waals surface area contributed by atoms with E-state index < -0.39 is 12.8 Å². The first-order chi connectivity index (χ1) is 14.2. The highest BCUT2D eigenvalue weighted by Crippen LogP contribution is 2.29. The third-order valence-electron chi connectivity index (χ3n) is 5.00. The number of allylic oxidation sites excluding steroid dienone is 2. The molecule has 2 aliphatic rings. The first-order valence-electron chi connectivity index (χ1n) is 9.57. The van der Waals surface area contributed by atoms with Crippen molar-refractivity contribution in [3.63, 3.8) is 0 Å². The molecule has 0 spiro atoms. The Balaban J connectivity index is 1.61. The molecular formula is C20H23F3N4O3. The lowest BCUT2D eigenvalue weighted by Crippen LogP contribution is -2.37. The third-order valence-corrected chi connectivity index (χ3v) is 5.00. The smallest absolute Gasteiger partial charge is 0.422 e. The molecular weight excluding hydrogens is 401 g/mol. The Morgan fingerprint density at radius 3 is 2.87 bits per heavy atom. The number of fused-ring (bicyclic) bond motifs is 1. The molecule has 7 nitrogen and oxygen atoms in total. The monoisotopic (exact) mass is 424 g/mol. The van der Waals surface area contributed by atoms with Gasteiger partial charge in [-0.3, -0.25) is 9.59 Å². The zero-order valence-electron chi connectivity index (χ0n) is 16.7. The minimum absolute atomic E-state index is 0.129. The molecule has 0 saturated heterocycles. The van der Waals surface area contributed by atoms with Crippen LogP contribution in [0.5, 0.6) is 0 Å². The third kappa shape index (κ3) is 4.92. The average molecular weight is 424 g/mol. The molecule has 1 atom stereocenters. The topological polar surface area (TPSA) is 74.8 Å². The number of likely N-dealkylation sites (N-methyl/N-ethyl adjacent to an activating group) is 1. The van der Waals surface area contributed by atoms with Crippen LogP contribution in [0.1, 0.15) is 35.7 Å². The summed E-state index contributed by atoms with van der Waals surface area (Å²) in [5.74, 6) is 0.167. The van der Waals surface area contributed by atoms with Gasteiger partial charge in [-0.2, -0.15) is 13.2 Å². The molecule has 1 aromatic heterocycles. The number of halogens is 3. The van der Waals surface area contributed by atoms with Crippen LogP contribution < -0.4 is 5.32 Å². The number of nitrogens with zero attached hydrogens (tertiary/aromatic N) is 3. The van der Waals surface area contributed by atoms with Crippen molar-refractivity contribution in [2.24, 2.45) is 0 Å². The van der Waals surface area contributed by atoms with Crippen molar-refractivity contribution in [3.8, 4) is 0 Å². The van der Waals surface area contributed by atoms with E-state index in [9.17, 15) is 22.8 Å². The zero-order chi connectivity index (χ0) is 21.9. The van der Waals surface area contributed by atoms with Crippen LogP contribution in [-0.2, 0) is 16.1 Å². The highest BCUT2D eigenvalue weighted by Gasteiger charge is 2.32. The predicted octanol–water partition coefficient (Wildman–Crippen LogP) is 3.07. The van der Waals surface area contributed by atoms with Crippen LogP contribution in [0.3, 0.4) is 0 Å². The number of nitrogens with one attached hydrogen (secondary N) is 1. The van der Waals surface area contributed by atoms with Crippen LogP contribution in [0.4, 0.5) is 19.0 Å². The Bertz CT molecular complexity index is 883. The Hall–Kier alpha value is -3.04. The van der Waals surface area contributed by atoms with Gasteiger partial charge in [0.1, 0.15) is 5.82 Å². The lowest BCUT2D eigenvalue weighted by atomic mass is 10.1. The van der Waals surface area contributed by atoms with Gasteiger partial charge in [0.25, 0.3) is 5.91 Å². The number of carbonyl (C=O) groups is 2. The second kappa shape index (κ2) is 8.76. The van der Waals surface area contributed by atoms with Crippen molar-refractivity contribution >= 4 is 17.6 Å². The molecule has 0 bridgehead atoms. The number of alkyl halides is 3. The maximum atomic E-state index is 12.7. The van der Waals surface area contributed by atoms with Crippen molar-refractivity contribution in [2.75, 3.05) is 25.5 Å². The molecule has 3 rings (SSSR count). The van der Waals surface area contributed by atoms with E-state index in [1.54, 1.807) is 35.9 Å². The number of hydrogen-bond donors (Lipinski definition) is 1. The SMILES string of the molecule is CCC(=O)Nc1nccc2c1CN(CCC1C=CC=C(OCC(F)(F)F)N1C)C2=O. The number of pyridine rings is 1. The van der Waals surface area contributed by atoms with Crippen LogP contribution in [-0.4, -0.2) is 59.0 Å². The van der Waals surface area contributed by atoms with Gasteiger partial charge in [0.15, 0.2) is 12.5 Å². The number of amides is 2. The highest BCUT2D eigenvalue weighted by molar-refractivity contribution is 6.01. The van der Waals surface area contributed by atoms with Crippen molar-refractivity contribution in [1.82, 2.24) is 14.8 Å². The average Bonchev–Trinajstić information content (AvgIpc) is 3.02. The van der Waals surface area contributed by atoms with E-state index in [1.807, 2.05) is 6.08 Å². The number of ether oxygens (including phenoxy) is 1. The summed E-state index contributed by atoms with van der Waals surface area (Å²) in [6.07, 6.45) is 2.86. The van der Waals surface area contributed by atoms with E-state index in [2.05, 4.69) is 10.3 Å². The fourth-order valence-corrected chi connectivity index (χ4v) is 3.35. The van der Waals surface area contributed by atoms with Gasteiger partial charge in [-0.25, -0.2) is 4.98 Å². The molecule has 10 heteroatoms. The van der Waals surface area contributed by atoms with Crippen LogP contribution >= 0.6 is 0 Å². The van der Waals surface area contributed by atoms with Crippen molar-refractivity contribution in [2.45, 2.75) is 38.5 Å². The molecule has 162 valence electrons. The first kappa shape index (κ1) is 21.7. The fourth-order valence-electron chi connectivity index (χ4n) is 3.35. The van der Waals surface area contributed by atoms with Crippen molar-refractivity contribution < 1.29 is 27.5 Å². The maximum absolute atomic E-state index is 12.7. The van der Waals surface area contributed by atoms with E-state index in [-0.39, 0.29) is 23.7 Å². The second-order valence-electron chi connectivity index (χ2n) is 7.07. The molecule has 30 heavy (non-hydrogen) atoms. The largest absolute Gasteiger partial charge is 0.469 e. The molecule has 2 amide bonds. The summed E-state index contributed by atoms with van der Waals surface area (Å²) in [5, 5.41) is 2.71. The number of carbonyl (C=O) groups excluding carboxylic acids is 2. The van der Waals surface area contributed by atoms with E-state index in [0.29, 0.717) is 42.9 Å². The van der Waals surface area contributed by atoms with Gasteiger partial charge in [0, 0.05) is 37.3 Å². The first-order valence-corrected chi connectivity index (χ1v) is 9.57. The Kier molecular flexibility index (Phi) is 6.33. The number of aromatic nitrogens is 1. The summed E-state index contributed by atoms with van der Waals surface area (Å²) >= 11 is 0. The fraction of sp³-hybridized carbons (Fsp3) is 0.450. The normalized spacial score (nSPS) is 18.4. The summed E-state index contributed by atoms with van der Waals surface area (Å²) in [6, 6.07) is 1.41. The van der Waals surface area contributed by atoms with Gasteiger partial charge in [0.05, 0.1) is 12.6 Å². The molecule has 3 heterocycles. The second-order valence-corrected chi connectivity index (χ2v) is 7.07. The van der Waals surface area contributed by atoms with Gasteiger partial charge >= 0.3 is 6.18 Å². The number of hydrogen-bond acceptors (Lipinski definition) is 5. The standard InChI is InChI=1S/C20H23F3N4O3/c1-3-16(28)25-18-15-11-27(19(29)14(15)7-9-24-18)10-8-13-5-4-6-17(26(13)2)30-12-20(21,22)23/h4-7,9,13H,3,8,10-12H2,1-2H3,(H,24,25,28). The summed E-state index contributed by atoms with van der Waals surface area (Å²) in [7, 11) is 1.65.